The number of carbonyl (C=O) groups is 2. The van der Waals surface area contributed by atoms with E-state index in [4.69, 9.17) is 0 Å². The molecule has 3 heterocycles. The largest absolute Gasteiger partial charge is 0.353 e. The van der Waals surface area contributed by atoms with Gasteiger partial charge in [-0.2, -0.15) is 0 Å². The summed E-state index contributed by atoms with van der Waals surface area (Å²) in [6.45, 7) is 0. The highest BCUT2D eigenvalue weighted by Crippen LogP contribution is 2.38. The van der Waals surface area contributed by atoms with Crippen LogP contribution in [0.2, 0.25) is 0 Å². The Morgan fingerprint density at radius 2 is 1.96 bits per heavy atom. The number of aryl methyl sites for hydroxylation is 1. The van der Waals surface area contributed by atoms with Gasteiger partial charge >= 0.3 is 0 Å². The molecule has 2 aromatic heterocycles. The summed E-state index contributed by atoms with van der Waals surface area (Å²) >= 11 is 3.24. The number of amides is 2. The van der Waals surface area contributed by atoms with Crippen LogP contribution in [0.25, 0.3) is 27.9 Å². The lowest BCUT2D eigenvalue weighted by Gasteiger charge is -2.03. The Morgan fingerprint density at radius 1 is 1.17 bits per heavy atom. The molecule has 2 amide bonds. The third kappa shape index (κ3) is 2.04. The number of imide groups is 1. The number of benzene rings is 1. The highest BCUT2D eigenvalue weighted by molar-refractivity contribution is 9.12. The second-order valence-corrected chi connectivity index (χ2v) is 6.11. The topological polar surface area (TPSA) is 79.8 Å². The Balaban J connectivity index is 2.09. The maximum Gasteiger partial charge on any atom is 0.265 e. The van der Waals surface area contributed by atoms with Crippen molar-refractivity contribution < 1.29 is 9.59 Å². The summed E-state index contributed by atoms with van der Waals surface area (Å²) in [5.74, 6) is -0.842. The van der Waals surface area contributed by atoms with Crippen molar-refractivity contribution in [1.82, 2.24) is 19.9 Å². The van der Waals surface area contributed by atoms with Crippen molar-refractivity contribution in [2.45, 2.75) is 0 Å². The number of nitrogens with zero attached hydrogens (tertiary/aromatic N) is 2. The minimum absolute atomic E-state index is 0.240. The van der Waals surface area contributed by atoms with Gasteiger partial charge in [-0.25, -0.2) is 4.98 Å². The highest BCUT2D eigenvalue weighted by Gasteiger charge is 2.33. The van der Waals surface area contributed by atoms with Crippen LogP contribution in [-0.2, 0) is 16.6 Å². The zero-order valence-corrected chi connectivity index (χ0v) is 13.6. The SMILES string of the molecule is Cn1cnc(-c2[nH]c3ccccc3c2C2=C(Br)C(=O)NC2=O)c1. The van der Waals surface area contributed by atoms with Crippen LogP contribution in [0.4, 0.5) is 0 Å². The maximum absolute atomic E-state index is 12.3. The number of H-pyrrole nitrogens is 1. The smallest absolute Gasteiger partial charge is 0.265 e. The van der Waals surface area contributed by atoms with Gasteiger partial charge in [0.25, 0.3) is 11.8 Å². The number of halogens is 1. The first-order valence-corrected chi connectivity index (χ1v) is 7.70. The summed E-state index contributed by atoms with van der Waals surface area (Å²) in [6, 6.07) is 7.64. The molecule has 0 spiro atoms. The number of aromatic nitrogens is 3. The molecule has 1 aliphatic heterocycles. The molecule has 0 atom stereocenters. The van der Waals surface area contributed by atoms with E-state index in [9.17, 15) is 9.59 Å². The van der Waals surface area contributed by atoms with Gasteiger partial charge in [-0.05, 0) is 22.0 Å². The number of imidazole rings is 1. The fourth-order valence-electron chi connectivity index (χ4n) is 2.79. The number of hydrogen-bond donors (Lipinski definition) is 2. The third-order valence-corrected chi connectivity index (χ3v) is 4.55. The van der Waals surface area contributed by atoms with Gasteiger partial charge in [0.05, 0.1) is 22.1 Å². The van der Waals surface area contributed by atoms with Crippen molar-refractivity contribution in [3.05, 3.63) is 46.8 Å². The van der Waals surface area contributed by atoms with Crippen LogP contribution < -0.4 is 5.32 Å². The minimum atomic E-state index is -0.428. The first-order chi connectivity index (χ1) is 11.1. The summed E-state index contributed by atoms with van der Waals surface area (Å²) in [6.07, 6.45) is 3.55. The van der Waals surface area contributed by atoms with Gasteiger partial charge in [0, 0.05) is 29.7 Å². The Labute approximate surface area is 139 Å². The molecule has 0 fully saturated rings. The zero-order chi connectivity index (χ0) is 16.1. The van der Waals surface area contributed by atoms with Crippen LogP contribution in [0.3, 0.4) is 0 Å². The molecule has 6 nitrogen and oxygen atoms in total. The molecule has 1 aromatic carbocycles. The molecule has 2 N–H and O–H groups in total. The Morgan fingerprint density at radius 3 is 2.61 bits per heavy atom. The fourth-order valence-corrected chi connectivity index (χ4v) is 3.27. The number of hydrogen-bond acceptors (Lipinski definition) is 3. The average molecular weight is 371 g/mol. The van der Waals surface area contributed by atoms with Crippen molar-refractivity contribution >= 4 is 44.2 Å². The molecule has 7 heteroatoms. The van der Waals surface area contributed by atoms with Gasteiger partial charge in [0.15, 0.2) is 0 Å². The van der Waals surface area contributed by atoms with Crippen molar-refractivity contribution in [1.29, 1.82) is 0 Å². The Hall–Kier alpha value is -2.67. The molecule has 3 aromatic rings. The Kier molecular flexibility index (Phi) is 2.99. The van der Waals surface area contributed by atoms with Crippen LogP contribution in [0.15, 0.2) is 41.3 Å². The summed E-state index contributed by atoms with van der Waals surface area (Å²) < 4.78 is 2.07. The number of nitrogens with one attached hydrogen (secondary N) is 2. The van der Waals surface area contributed by atoms with Gasteiger partial charge in [0.1, 0.15) is 5.69 Å². The third-order valence-electron chi connectivity index (χ3n) is 3.79. The first kappa shape index (κ1) is 14.0. The van der Waals surface area contributed by atoms with Gasteiger partial charge in [-0.3, -0.25) is 14.9 Å². The van der Waals surface area contributed by atoms with Crippen LogP contribution in [0, 0.1) is 0 Å². The molecule has 0 unspecified atom stereocenters. The molecule has 114 valence electrons. The lowest BCUT2D eigenvalue weighted by atomic mass is 10.0. The fraction of sp³-hybridized carbons (Fsp3) is 0.0625. The van der Waals surface area contributed by atoms with E-state index in [2.05, 4.69) is 31.2 Å². The Bertz CT molecular complexity index is 1010. The molecule has 4 rings (SSSR count). The van der Waals surface area contributed by atoms with E-state index >= 15 is 0 Å². The number of aromatic amines is 1. The van der Waals surface area contributed by atoms with Gasteiger partial charge < -0.3 is 9.55 Å². The second kappa shape index (κ2) is 4.92. The molecule has 0 saturated heterocycles. The quantitative estimate of drug-likeness (QED) is 0.679. The molecule has 0 bridgehead atoms. The molecule has 0 saturated carbocycles. The maximum atomic E-state index is 12.3. The van der Waals surface area contributed by atoms with Crippen LogP contribution in [-0.4, -0.2) is 26.3 Å². The van der Waals surface area contributed by atoms with Gasteiger partial charge in [-0.15, -0.1) is 0 Å². The normalized spacial score (nSPS) is 14.9. The van der Waals surface area contributed by atoms with E-state index in [-0.39, 0.29) is 4.48 Å². The number of rotatable bonds is 2. The predicted octanol–water partition coefficient (Wildman–Crippen LogP) is 2.33. The highest BCUT2D eigenvalue weighted by atomic mass is 79.9. The van der Waals surface area contributed by atoms with Crippen molar-refractivity contribution in [3.8, 4) is 11.4 Å². The average Bonchev–Trinajstić information content (AvgIpc) is 3.17. The summed E-state index contributed by atoms with van der Waals surface area (Å²) in [4.78, 5) is 31.7. The molecular formula is C16H11BrN4O2. The van der Waals surface area contributed by atoms with Gasteiger partial charge in [-0.1, -0.05) is 18.2 Å². The van der Waals surface area contributed by atoms with E-state index in [1.54, 1.807) is 6.33 Å². The summed E-state index contributed by atoms with van der Waals surface area (Å²) in [7, 11) is 1.87. The number of fused-ring (bicyclic) bond motifs is 1. The summed E-state index contributed by atoms with van der Waals surface area (Å²) in [5.41, 5.74) is 3.30. The van der Waals surface area contributed by atoms with Gasteiger partial charge in [0.2, 0.25) is 0 Å². The minimum Gasteiger partial charge on any atom is -0.353 e. The van der Waals surface area contributed by atoms with Crippen molar-refractivity contribution in [2.24, 2.45) is 7.05 Å². The molecular weight excluding hydrogens is 360 g/mol. The lowest BCUT2D eigenvalue weighted by molar-refractivity contribution is -0.123. The van der Waals surface area contributed by atoms with E-state index in [0.29, 0.717) is 22.5 Å². The van der Waals surface area contributed by atoms with Crippen molar-refractivity contribution in [2.75, 3.05) is 0 Å². The van der Waals surface area contributed by atoms with E-state index < -0.39 is 11.8 Å². The zero-order valence-electron chi connectivity index (χ0n) is 12.1. The predicted molar refractivity (Wildman–Crippen MR) is 89.5 cm³/mol. The molecule has 0 aliphatic carbocycles. The van der Waals surface area contributed by atoms with E-state index in [1.807, 2.05) is 42.1 Å². The standard InChI is InChI=1S/C16H11BrN4O2/c1-21-6-10(18-7-21)14-11(8-4-2-3-5-9(8)19-14)12-13(17)16(23)20-15(12)22/h2-7,19H,1H3,(H,20,22,23). The lowest BCUT2D eigenvalue weighted by Crippen LogP contribution is -2.22. The molecule has 0 radical (unpaired) electrons. The van der Waals surface area contributed by atoms with Crippen LogP contribution in [0.5, 0.6) is 0 Å². The monoisotopic (exact) mass is 370 g/mol. The van der Waals surface area contributed by atoms with E-state index in [1.165, 1.54) is 0 Å². The molecule has 23 heavy (non-hydrogen) atoms. The number of carbonyl (C=O) groups excluding carboxylic acids is 2. The molecule has 1 aliphatic rings. The van der Waals surface area contributed by atoms with Crippen LogP contribution >= 0.6 is 15.9 Å². The number of para-hydroxylation sites is 1. The van der Waals surface area contributed by atoms with Crippen molar-refractivity contribution in [3.63, 3.8) is 0 Å². The van der Waals surface area contributed by atoms with Crippen LogP contribution in [0.1, 0.15) is 5.56 Å². The summed E-state index contributed by atoms with van der Waals surface area (Å²) in [5, 5.41) is 3.18. The van der Waals surface area contributed by atoms with E-state index in [0.717, 1.165) is 10.9 Å². The second-order valence-electron chi connectivity index (χ2n) is 5.32. The first-order valence-electron chi connectivity index (χ1n) is 6.91.